The second kappa shape index (κ2) is 9.24. The molecule has 4 rings (SSSR count). The predicted octanol–water partition coefficient (Wildman–Crippen LogP) is 4.35. The maximum absolute atomic E-state index is 13.1. The smallest absolute Gasteiger partial charge is 0.241 e. The first-order valence-corrected chi connectivity index (χ1v) is 10.6. The summed E-state index contributed by atoms with van der Waals surface area (Å²) in [4.78, 5) is 15.4. The van der Waals surface area contributed by atoms with E-state index in [1.54, 1.807) is 0 Å². The van der Waals surface area contributed by atoms with E-state index in [9.17, 15) is 4.79 Å². The van der Waals surface area contributed by atoms with Gasteiger partial charge in [0.05, 0.1) is 6.04 Å². The van der Waals surface area contributed by atoms with Gasteiger partial charge in [0, 0.05) is 30.3 Å². The number of amides is 1. The normalized spacial score (nSPS) is 20.1. The molecule has 4 nitrogen and oxygen atoms in total. The van der Waals surface area contributed by atoms with Crippen LogP contribution < -0.4 is 11.1 Å². The minimum absolute atomic E-state index is 0.0165. The molecule has 4 heteroatoms. The van der Waals surface area contributed by atoms with E-state index >= 15 is 0 Å². The van der Waals surface area contributed by atoms with Gasteiger partial charge >= 0.3 is 0 Å². The average Bonchev–Trinajstić information content (AvgIpc) is 3.24. The van der Waals surface area contributed by atoms with Crippen molar-refractivity contribution in [2.24, 2.45) is 11.7 Å². The molecule has 1 aliphatic rings. The first-order valence-electron chi connectivity index (χ1n) is 10.6. The Morgan fingerprint density at radius 3 is 2.30 bits per heavy atom. The molecule has 0 aromatic heterocycles. The van der Waals surface area contributed by atoms with Crippen molar-refractivity contribution in [1.29, 1.82) is 0 Å². The van der Waals surface area contributed by atoms with Crippen LogP contribution in [0.5, 0.6) is 0 Å². The number of benzene rings is 3. The third-order valence-corrected chi connectivity index (χ3v) is 6.20. The summed E-state index contributed by atoms with van der Waals surface area (Å²) in [6.45, 7) is 4.30. The molecule has 0 spiro atoms. The summed E-state index contributed by atoms with van der Waals surface area (Å²) in [6.07, 6.45) is 0. The van der Waals surface area contributed by atoms with Crippen molar-refractivity contribution in [3.05, 3.63) is 90.5 Å². The van der Waals surface area contributed by atoms with Crippen LogP contribution in [-0.4, -0.2) is 36.5 Å². The molecule has 0 saturated carbocycles. The van der Waals surface area contributed by atoms with Crippen molar-refractivity contribution in [2.45, 2.75) is 18.9 Å². The van der Waals surface area contributed by atoms with Crippen LogP contribution in [0.15, 0.2) is 84.9 Å². The summed E-state index contributed by atoms with van der Waals surface area (Å²) in [6, 6.07) is 28.4. The Balaban J connectivity index is 1.49. The van der Waals surface area contributed by atoms with Crippen LogP contribution in [0.4, 0.5) is 5.69 Å². The van der Waals surface area contributed by atoms with Gasteiger partial charge in [-0.05, 0) is 36.6 Å². The zero-order chi connectivity index (χ0) is 20.9. The highest BCUT2D eigenvalue weighted by Gasteiger charge is 2.36. The fourth-order valence-corrected chi connectivity index (χ4v) is 4.40. The van der Waals surface area contributed by atoms with Crippen LogP contribution in [-0.2, 0) is 4.79 Å². The Labute approximate surface area is 178 Å². The van der Waals surface area contributed by atoms with Crippen molar-refractivity contribution in [1.82, 2.24) is 4.90 Å². The van der Waals surface area contributed by atoms with Gasteiger partial charge in [-0.3, -0.25) is 9.69 Å². The lowest BCUT2D eigenvalue weighted by atomic mass is 9.89. The number of nitrogens with zero attached hydrogens (tertiary/aromatic N) is 1. The topological polar surface area (TPSA) is 58.4 Å². The second-order valence-electron chi connectivity index (χ2n) is 8.04. The number of nitrogens with two attached hydrogens (primary N) is 1. The van der Waals surface area contributed by atoms with Gasteiger partial charge in [-0.25, -0.2) is 0 Å². The van der Waals surface area contributed by atoms with Crippen LogP contribution in [0.2, 0.25) is 0 Å². The minimum Gasteiger partial charge on any atom is -0.330 e. The average molecular weight is 400 g/mol. The van der Waals surface area contributed by atoms with Gasteiger partial charge < -0.3 is 11.1 Å². The van der Waals surface area contributed by atoms with Crippen molar-refractivity contribution in [3.8, 4) is 11.1 Å². The van der Waals surface area contributed by atoms with Crippen molar-refractivity contribution in [2.75, 3.05) is 25.0 Å². The largest absolute Gasteiger partial charge is 0.330 e. The number of nitrogens with one attached hydrogen (secondary N) is 1. The summed E-state index contributed by atoms with van der Waals surface area (Å²) >= 11 is 0. The lowest BCUT2D eigenvalue weighted by molar-refractivity contribution is -0.120. The molecule has 30 heavy (non-hydrogen) atoms. The molecule has 1 saturated heterocycles. The van der Waals surface area contributed by atoms with E-state index in [2.05, 4.69) is 46.6 Å². The molecule has 1 unspecified atom stereocenters. The molecular weight excluding hydrogens is 370 g/mol. The molecule has 1 fully saturated rings. The summed E-state index contributed by atoms with van der Waals surface area (Å²) in [5.74, 6) is 0.741. The summed E-state index contributed by atoms with van der Waals surface area (Å²) in [5.41, 5.74) is 10.3. The van der Waals surface area contributed by atoms with E-state index in [0.29, 0.717) is 18.4 Å². The number of anilines is 1. The molecule has 3 N–H and O–H groups in total. The van der Waals surface area contributed by atoms with Gasteiger partial charge in [0.15, 0.2) is 0 Å². The number of hydrogen-bond acceptors (Lipinski definition) is 3. The molecule has 3 atom stereocenters. The molecule has 1 aliphatic heterocycles. The standard InChI is InChI=1S/C26H29N3O/c1-19(29-17-22(16-27)24(18-29)21-12-6-3-7-13-21)26(30)28-25-15-9-8-14-23(25)20-10-4-2-5-11-20/h2-15,19,22,24H,16-18,27H2,1H3,(H,28,30)/t19?,22-,24+/m1/s1. The van der Waals surface area contributed by atoms with E-state index < -0.39 is 0 Å². The third kappa shape index (κ3) is 4.30. The highest BCUT2D eigenvalue weighted by Crippen LogP contribution is 2.33. The predicted molar refractivity (Wildman–Crippen MR) is 123 cm³/mol. The highest BCUT2D eigenvalue weighted by molar-refractivity contribution is 5.98. The molecule has 0 aliphatic carbocycles. The maximum Gasteiger partial charge on any atom is 0.241 e. The van der Waals surface area contributed by atoms with E-state index in [-0.39, 0.29) is 11.9 Å². The van der Waals surface area contributed by atoms with Gasteiger partial charge in [-0.15, -0.1) is 0 Å². The summed E-state index contributed by atoms with van der Waals surface area (Å²) in [7, 11) is 0. The van der Waals surface area contributed by atoms with Gasteiger partial charge in [0.25, 0.3) is 0 Å². The highest BCUT2D eigenvalue weighted by atomic mass is 16.2. The van der Waals surface area contributed by atoms with Crippen molar-refractivity contribution in [3.63, 3.8) is 0 Å². The monoisotopic (exact) mass is 399 g/mol. The third-order valence-electron chi connectivity index (χ3n) is 6.20. The fourth-order valence-electron chi connectivity index (χ4n) is 4.40. The van der Waals surface area contributed by atoms with Gasteiger partial charge in [-0.1, -0.05) is 78.9 Å². The minimum atomic E-state index is -0.225. The number of para-hydroxylation sites is 1. The number of carbonyl (C=O) groups is 1. The van der Waals surface area contributed by atoms with E-state index in [4.69, 9.17) is 5.73 Å². The quantitative estimate of drug-likeness (QED) is 0.648. The zero-order valence-corrected chi connectivity index (χ0v) is 17.4. The number of likely N-dealkylation sites (tertiary alicyclic amines) is 1. The van der Waals surface area contributed by atoms with Crippen molar-refractivity contribution >= 4 is 11.6 Å². The summed E-state index contributed by atoms with van der Waals surface area (Å²) in [5, 5.41) is 3.16. The molecule has 154 valence electrons. The van der Waals surface area contributed by atoms with Crippen LogP contribution >= 0.6 is 0 Å². The van der Waals surface area contributed by atoms with E-state index in [1.807, 2.05) is 55.5 Å². The van der Waals surface area contributed by atoms with Gasteiger partial charge in [0.1, 0.15) is 0 Å². The van der Waals surface area contributed by atoms with Crippen LogP contribution in [0, 0.1) is 5.92 Å². The summed E-state index contributed by atoms with van der Waals surface area (Å²) < 4.78 is 0. The molecule has 1 amide bonds. The van der Waals surface area contributed by atoms with Gasteiger partial charge in [0.2, 0.25) is 5.91 Å². The molecule has 0 bridgehead atoms. The van der Waals surface area contributed by atoms with Crippen molar-refractivity contribution < 1.29 is 4.79 Å². The Bertz CT molecular complexity index is 974. The van der Waals surface area contributed by atoms with Crippen LogP contribution in [0.1, 0.15) is 18.4 Å². The molecular formula is C26H29N3O. The Hall–Kier alpha value is -2.95. The number of rotatable bonds is 6. The zero-order valence-electron chi connectivity index (χ0n) is 17.4. The Morgan fingerprint density at radius 1 is 0.967 bits per heavy atom. The van der Waals surface area contributed by atoms with E-state index in [1.165, 1.54) is 5.56 Å². The SMILES string of the molecule is CC(C(=O)Nc1ccccc1-c1ccccc1)N1C[C@@H](CN)[C@H](c2ccccc2)C1. The first-order chi connectivity index (χ1) is 14.7. The lowest BCUT2D eigenvalue weighted by Gasteiger charge is -2.24. The van der Waals surface area contributed by atoms with Crippen LogP contribution in [0.3, 0.4) is 0 Å². The van der Waals surface area contributed by atoms with Gasteiger partial charge in [-0.2, -0.15) is 0 Å². The van der Waals surface area contributed by atoms with Crippen LogP contribution in [0.25, 0.3) is 11.1 Å². The Morgan fingerprint density at radius 2 is 1.60 bits per heavy atom. The second-order valence-corrected chi connectivity index (χ2v) is 8.04. The fraction of sp³-hybridized carbons (Fsp3) is 0.269. The lowest BCUT2D eigenvalue weighted by Crippen LogP contribution is -2.41. The number of hydrogen-bond donors (Lipinski definition) is 2. The molecule has 3 aromatic carbocycles. The molecule has 0 radical (unpaired) electrons. The first kappa shape index (κ1) is 20.3. The molecule has 1 heterocycles. The maximum atomic E-state index is 13.1. The number of carbonyl (C=O) groups excluding carboxylic acids is 1. The Kier molecular flexibility index (Phi) is 6.26. The van der Waals surface area contributed by atoms with E-state index in [0.717, 1.165) is 29.9 Å². The molecule has 3 aromatic rings.